The van der Waals surface area contributed by atoms with Crippen LogP contribution in [0.25, 0.3) is 10.6 Å². The molecule has 1 aliphatic heterocycles. The van der Waals surface area contributed by atoms with Gasteiger partial charge in [-0.2, -0.15) is 0 Å². The van der Waals surface area contributed by atoms with Crippen LogP contribution in [0.4, 0.5) is 0 Å². The van der Waals surface area contributed by atoms with E-state index in [-0.39, 0.29) is 79.4 Å². The molecule has 7 atom stereocenters. The molecule has 1 saturated heterocycles. The van der Waals surface area contributed by atoms with Gasteiger partial charge in [-0.05, 0) is 43.0 Å². The van der Waals surface area contributed by atoms with Gasteiger partial charge in [0.15, 0.2) is 0 Å². The SMILES string of the molecule is CCNC(=O)[C@H](Cc1nnc(-c2ccc(C(=O)N3C[C@@H](C(=O)N[C@H]4C[C@@H]4c4ccccc4)[C@H](C(=O)N[C@H]4C[C@@H]4c4ccccc4)C3)cc2)s1)NC(=O)CC. The fourth-order valence-corrected chi connectivity index (χ4v) is 8.19. The van der Waals surface area contributed by atoms with E-state index in [9.17, 15) is 24.0 Å². The largest absolute Gasteiger partial charge is 0.355 e. The van der Waals surface area contributed by atoms with Crippen LogP contribution in [-0.2, 0) is 25.6 Å². The lowest BCUT2D eigenvalue weighted by Crippen LogP contribution is -2.47. The molecule has 4 N–H and O–H groups in total. The highest BCUT2D eigenvalue weighted by Gasteiger charge is 2.49. The normalized spacial score (nSPS) is 23.2. The molecule has 54 heavy (non-hydrogen) atoms. The molecule has 3 aromatic carbocycles. The first kappa shape index (κ1) is 36.9. The summed E-state index contributed by atoms with van der Waals surface area (Å²) in [5.74, 6) is -2.04. The maximum atomic E-state index is 13.9. The summed E-state index contributed by atoms with van der Waals surface area (Å²) in [6, 6.07) is 26.4. The number of hydrogen-bond acceptors (Lipinski definition) is 8. The van der Waals surface area contributed by atoms with Crippen LogP contribution >= 0.6 is 11.3 Å². The van der Waals surface area contributed by atoms with E-state index in [1.54, 1.807) is 36.1 Å². The minimum absolute atomic E-state index is 0.00198. The smallest absolute Gasteiger partial charge is 0.253 e. The van der Waals surface area contributed by atoms with Crippen molar-refractivity contribution in [3.63, 3.8) is 0 Å². The zero-order chi connectivity index (χ0) is 37.8. The topological polar surface area (TPSA) is 162 Å². The molecule has 1 aromatic heterocycles. The van der Waals surface area contributed by atoms with Crippen LogP contribution in [-0.4, -0.2) is 82.4 Å². The van der Waals surface area contributed by atoms with Crippen LogP contribution in [0.3, 0.4) is 0 Å². The van der Waals surface area contributed by atoms with Crippen LogP contribution in [0.1, 0.15) is 71.4 Å². The lowest BCUT2D eigenvalue weighted by atomic mass is 9.94. The number of aromatic nitrogens is 2. The second-order valence-electron chi connectivity index (χ2n) is 14.3. The van der Waals surface area contributed by atoms with Gasteiger partial charge in [-0.1, -0.05) is 91.1 Å². The summed E-state index contributed by atoms with van der Waals surface area (Å²) < 4.78 is 0. The van der Waals surface area contributed by atoms with E-state index in [0.717, 1.165) is 18.4 Å². The van der Waals surface area contributed by atoms with Crippen molar-refractivity contribution in [2.75, 3.05) is 19.6 Å². The monoisotopic (exact) mass is 747 g/mol. The predicted octanol–water partition coefficient (Wildman–Crippen LogP) is 3.81. The maximum Gasteiger partial charge on any atom is 0.253 e. The standard InChI is InChI=1S/C41H45N7O5S/c1-3-35(49)43-34(39(52)42-4-2)21-36-46-47-40(54-36)26-15-17-27(18-16-26)41(53)48-22-30(37(50)44-32-19-28(32)24-11-7-5-8-12-24)31(23-48)38(51)45-33-20-29(33)25-13-9-6-10-14-25/h5-18,28-34H,3-4,19-23H2,1-2H3,(H,42,52)(H,43,49)(H,44,50)(H,45,51)/t28-,29-,30-,31-,32+,33+,34+/m1/s1. The highest BCUT2D eigenvalue weighted by Crippen LogP contribution is 2.42. The van der Waals surface area contributed by atoms with Gasteiger partial charge in [-0.25, -0.2) is 0 Å². The molecule has 7 rings (SSSR count). The van der Waals surface area contributed by atoms with Gasteiger partial charge in [0.25, 0.3) is 5.91 Å². The first-order valence-corrected chi connectivity index (χ1v) is 19.5. The van der Waals surface area contributed by atoms with Gasteiger partial charge in [0.05, 0.1) is 11.8 Å². The molecule has 0 unspecified atom stereocenters. The number of nitrogens with zero attached hydrogens (tertiary/aromatic N) is 3. The summed E-state index contributed by atoms with van der Waals surface area (Å²) in [6.07, 6.45) is 2.14. The Labute approximate surface area is 318 Å². The van der Waals surface area contributed by atoms with Crippen molar-refractivity contribution in [2.24, 2.45) is 11.8 Å². The van der Waals surface area contributed by atoms with E-state index in [1.165, 1.54) is 22.5 Å². The van der Waals surface area contributed by atoms with E-state index in [1.807, 2.05) is 43.3 Å². The Kier molecular flexibility index (Phi) is 11.1. The van der Waals surface area contributed by atoms with Crippen molar-refractivity contribution < 1.29 is 24.0 Å². The molecule has 3 fully saturated rings. The average molecular weight is 748 g/mol. The van der Waals surface area contributed by atoms with Crippen LogP contribution < -0.4 is 21.3 Å². The summed E-state index contributed by atoms with van der Waals surface area (Å²) in [7, 11) is 0. The van der Waals surface area contributed by atoms with Crippen molar-refractivity contribution in [1.29, 1.82) is 0 Å². The number of likely N-dealkylation sites (tertiary alicyclic amines) is 1. The Balaban J connectivity index is 1.02. The van der Waals surface area contributed by atoms with Crippen LogP contribution in [0, 0.1) is 11.8 Å². The Morgan fingerprint density at radius 2 is 1.31 bits per heavy atom. The lowest BCUT2D eigenvalue weighted by molar-refractivity contribution is -0.133. The van der Waals surface area contributed by atoms with Gasteiger partial charge in [-0.3, -0.25) is 24.0 Å². The summed E-state index contributed by atoms with van der Waals surface area (Å²) in [5, 5.41) is 21.6. The number of hydrogen-bond donors (Lipinski definition) is 4. The van der Waals surface area contributed by atoms with E-state index in [0.29, 0.717) is 22.1 Å². The molecule has 0 radical (unpaired) electrons. The minimum atomic E-state index is -0.764. The number of rotatable bonds is 14. The molecular formula is C41H45N7O5S. The zero-order valence-electron chi connectivity index (χ0n) is 30.4. The van der Waals surface area contributed by atoms with Gasteiger partial charge in [0.1, 0.15) is 16.1 Å². The number of carbonyl (C=O) groups excluding carboxylic acids is 5. The van der Waals surface area contributed by atoms with Crippen molar-refractivity contribution >= 4 is 40.9 Å². The van der Waals surface area contributed by atoms with Crippen LogP contribution in [0.15, 0.2) is 84.9 Å². The average Bonchev–Trinajstić information content (AvgIpc) is 4.03. The summed E-state index contributed by atoms with van der Waals surface area (Å²) in [5.41, 5.74) is 3.53. The van der Waals surface area contributed by atoms with Crippen molar-refractivity contribution in [3.05, 3.63) is 107 Å². The second-order valence-corrected chi connectivity index (χ2v) is 15.4. The minimum Gasteiger partial charge on any atom is -0.355 e. The van der Waals surface area contributed by atoms with Gasteiger partial charge in [-0.15, -0.1) is 10.2 Å². The Morgan fingerprint density at radius 1 is 0.759 bits per heavy atom. The number of amides is 5. The molecule has 2 heterocycles. The summed E-state index contributed by atoms with van der Waals surface area (Å²) in [6.45, 7) is 4.26. The lowest BCUT2D eigenvalue weighted by Gasteiger charge is -2.18. The van der Waals surface area contributed by atoms with E-state index < -0.39 is 17.9 Å². The molecule has 5 amide bonds. The molecule has 2 aliphatic carbocycles. The Bertz CT molecular complexity index is 1910. The quantitative estimate of drug-likeness (QED) is 0.153. The number of benzene rings is 3. The molecular weight excluding hydrogens is 703 g/mol. The number of carbonyl (C=O) groups is 5. The van der Waals surface area contributed by atoms with E-state index in [4.69, 9.17) is 0 Å². The number of likely N-dealkylation sites (N-methyl/N-ethyl adjacent to an activating group) is 1. The van der Waals surface area contributed by atoms with E-state index >= 15 is 0 Å². The fraction of sp³-hybridized carbons (Fsp3) is 0.390. The first-order valence-electron chi connectivity index (χ1n) is 18.7. The highest BCUT2D eigenvalue weighted by atomic mass is 32.1. The summed E-state index contributed by atoms with van der Waals surface area (Å²) in [4.78, 5) is 67.7. The third-order valence-corrected chi connectivity index (χ3v) is 11.5. The molecule has 3 aliphatic rings. The van der Waals surface area contributed by atoms with Crippen molar-refractivity contribution in [2.45, 2.75) is 69.5 Å². The molecule has 0 bridgehead atoms. The van der Waals surface area contributed by atoms with Gasteiger partial charge in [0.2, 0.25) is 23.6 Å². The number of nitrogens with one attached hydrogen (secondary N) is 4. The van der Waals surface area contributed by atoms with Crippen molar-refractivity contribution in [1.82, 2.24) is 36.4 Å². The molecule has 0 spiro atoms. The second kappa shape index (κ2) is 16.3. The summed E-state index contributed by atoms with van der Waals surface area (Å²) >= 11 is 1.31. The third kappa shape index (κ3) is 8.52. The van der Waals surface area contributed by atoms with Gasteiger partial charge < -0.3 is 26.2 Å². The molecule has 13 heteroatoms. The van der Waals surface area contributed by atoms with Gasteiger partial charge >= 0.3 is 0 Å². The maximum absolute atomic E-state index is 13.9. The molecule has 280 valence electrons. The van der Waals surface area contributed by atoms with Crippen LogP contribution in [0.2, 0.25) is 0 Å². The first-order chi connectivity index (χ1) is 26.2. The molecule has 12 nitrogen and oxygen atoms in total. The zero-order valence-corrected chi connectivity index (χ0v) is 31.2. The van der Waals surface area contributed by atoms with Crippen LogP contribution in [0.5, 0.6) is 0 Å². The Hall–Kier alpha value is -5.43. The molecule has 2 saturated carbocycles. The van der Waals surface area contributed by atoms with E-state index in [2.05, 4.69) is 55.7 Å². The van der Waals surface area contributed by atoms with Crippen molar-refractivity contribution in [3.8, 4) is 10.6 Å². The van der Waals surface area contributed by atoms with Gasteiger partial charge in [0, 0.05) is 67.5 Å². The Morgan fingerprint density at radius 3 is 1.83 bits per heavy atom. The fourth-order valence-electron chi connectivity index (χ4n) is 7.30. The predicted molar refractivity (Wildman–Crippen MR) is 204 cm³/mol. The highest BCUT2D eigenvalue weighted by molar-refractivity contribution is 7.14. The molecule has 4 aromatic rings. The third-order valence-electron chi connectivity index (χ3n) is 10.5.